The van der Waals surface area contributed by atoms with Gasteiger partial charge in [0.2, 0.25) is 5.91 Å². The minimum absolute atomic E-state index is 0.181. The van der Waals surface area contributed by atoms with Gasteiger partial charge in [-0.2, -0.15) is 0 Å². The molecule has 1 aromatic rings. The van der Waals surface area contributed by atoms with Crippen LogP contribution in [0.1, 0.15) is 26.3 Å². The number of amides is 1. The fourth-order valence-electron chi connectivity index (χ4n) is 2.58. The summed E-state index contributed by atoms with van der Waals surface area (Å²) in [5.41, 5.74) is 6.00. The minimum atomic E-state index is -3.60. The third kappa shape index (κ3) is 3.76. The van der Waals surface area contributed by atoms with E-state index in [4.69, 9.17) is 5.73 Å². The van der Waals surface area contributed by atoms with Gasteiger partial charge >= 0.3 is 0 Å². The highest BCUT2D eigenvalue weighted by molar-refractivity contribution is 7.90. The van der Waals surface area contributed by atoms with Crippen LogP contribution in [0, 0.1) is 5.41 Å². The molecule has 0 saturated heterocycles. The van der Waals surface area contributed by atoms with Crippen molar-refractivity contribution in [1.29, 1.82) is 0 Å². The van der Waals surface area contributed by atoms with Crippen molar-refractivity contribution in [2.45, 2.75) is 31.7 Å². The maximum Gasteiger partial charge on any atom is 0.263 e. The van der Waals surface area contributed by atoms with Crippen molar-refractivity contribution < 1.29 is 13.2 Å². The van der Waals surface area contributed by atoms with Gasteiger partial charge in [0.25, 0.3) is 10.0 Å². The van der Waals surface area contributed by atoms with Gasteiger partial charge in [0, 0.05) is 19.2 Å². The number of hydrogen-bond donors (Lipinski definition) is 2. The van der Waals surface area contributed by atoms with E-state index in [2.05, 4.69) is 9.71 Å². The average Bonchev–Trinajstić information content (AvgIpc) is 2.77. The van der Waals surface area contributed by atoms with E-state index >= 15 is 0 Å². The highest BCUT2D eigenvalue weighted by Crippen LogP contribution is 2.23. The lowest BCUT2D eigenvalue weighted by molar-refractivity contribution is -0.132. The van der Waals surface area contributed by atoms with E-state index in [1.807, 2.05) is 13.8 Å². The molecule has 1 aliphatic heterocycles. The first kappa shape index (κ1) is 18.4. The number of amidine groups is 1. The third-order valence-electron chi connectivity index (χ3n) is 3.94. The van der Waals surface area contributed by atoms with Gasteiger partial charge in [-0.1, -0.05) is 26.0 Å². The zero-order valence-electron chi connectivity index (χ0n) is 14.4. The van der Waals surface area contributed by atoms with Crippen LogP contribution in [0.2, 0.25) is 0 Å². The summed E-state index contributed by atoms with van der Waals surface area (Å²) in [6, 6.07) is 5.87. The Kier molecular flexibility index (Phi) is 5.00. The maximum absolute atomic E-state index is 12.5. The Labute approximate surface area is 143 Å². The number of aliphatic imine (C=N–C) groups is 1. The van der Waals surface area contributed by atoms with Crippen LogP contribution in [0.15, 0.2) is 34.2 Å². The molecule has 1 heterocycles. The maximum atomic E-state index is 12.5. The Morgan fingerprint density at radius 3 is 2.62 bits per heavy atom. The Morgan fingerprint density at radius 1 is 1.38 bits per heavy atom. The number of nitrogens with zero attached hydrogens (tertiary/aromatic N) is 2. The number of hydrogen-bond acceptors (Lipinski definition) is 5. The van der Waals surface area contributed by atoms with Gasteiger partial charge in [-0.25, -0.2) is 8.42 Å². The van der Waals surface area contributed by atoms with E-state index < -0.39 is 16.1 Å². The first-order valence-electron chi connectivity index (χ1n) is 7.72. The summed E-state index contributed by atoms with van der Waals surface area (Å²) >= 11 is 0. The summed E-state index contributed by atoms with van der Waals surface area (Å²) in [6.07, 6.45) is 0. The van der Waals surface area contributed by atoms with Gasteiger partial charge in [-0.15, -0.1) is 0 Å². The monoisotopic (exact) mass is 352 g/mol. The zero-order valence-corrected chi connectivity index (χ0v) is 15.2. The molecule has 1 aliphatic rings. The highest BCUT2D eigenvalue weighted by atomic mass is 32.2. The van der Waals surface area contributed by atoms with Crippen molar-refractivity contribution in [3.05, 3.63) is 29.8 Å². The summed E-state index contributed by atoms with van der Waals surface area (Å²) in [4.78, 5) is 18.6. The molecule has 0 radical (unpaired) electrons. The first-order chi connectivity index (χ1) is 11.1. The lowest BCUT2D eigenvalue weighted by atomic mass is 9.93. The van der Waals surface area contributed by atoms with Crippen molar-refractivity contribution in [3.8, 4) is 0 Å². The molecule has 1 aromatic carbocycles. The summed E-state index contributed by atoms with van der Waals surface area (Å²) in [6.45, 7) is 6.57. The highest BCUT2D eigenvalue weighted by Gasteiger charge is 2.32. The Balaban J connectivity index is 2.22. The Morgan fingerprint density at radius 2 is 2.00 bits per heavy atom. The normalized spacial score (nSPS) is 18.8. The molecule has 0 saturated carbocycles. The predicted molar refractivity (Wildman–Crippen MR) is 93.2 cm³/mol. The van der Waals surface area contributed by atoms with E-state index in [1.165, 1.54) is 6.07 Å². The van der Waals surface area contributed by atoms with Crippen molar-refractivity contribution in [2.24, 2.45) is 16.1 Å². The largest absolute Gasteiger partial charge is 0.343 e. The standard InChI is InChI=1S/C16H24N4O3S/c1-11(15(21)20(4)10-16(2,3)9-17)18-14-12-7-5-6-8-13(12)24(22,23)19-14/h5-8,11H,9-10,17H2,1-4H3,(H,18,19). The van der Waals surface area contributed by atoms with Crippen molar-refractivity contribution >= 4 is 21.8 Å². The zero-order chi connectivity index (χ0) is 18.1. The average molecular weight is 352 g/mol. The van der Waals surface area contributed by atoms with Crippen molar-refractivity contribution in [3.63, 3.8) is 0 Å². The predicted octanol–water partition coefficient (Wildman–Crippen LogP) is 0.557. The number of likely N-dealkylation sites (N-methyl/N-ethyl adjacent to an activating group) is 1. The molecule has 0 bridgehead atoms. The smallest absolute Gasteiger partial charge is 0.263 e. The van der Waals surface area contributed by atoms with Crippen LogP contribution in [0.5, 0.6) is 0 Å². The number of carbonyl (C=O) groups excluding carboxylic acids is 1. The topological polar surface area (TPSA) is 105 Å². The van der Waals surface area contributed by atoms with Crippen LogP contribution < -0.4 is 10.5 Å². The van der Waals surface area contributed by atoms with Crippen LogP contribution >= 0.6 is 0 Å². The van der Waals surface area contributed by atoms with E-state index in [0.717, 1.165) is 0 Å². The van der Waals surface area contributed by atoms with Gasteiger partial charge in [0.15, 0.2) is 0 Å². The molecule has 0 spiro atoms. The van der Waals surface area contributed by atoms with E-state index in [0.29, 0.717) is 18.7 Å². The molecule has 1 unspecified atom stereocenters. The molecule has 1 amide bonds. The number of carbonyl (C=O) groups is 1. The first-order valence-corrected chi connectivity index (χ1v) is 9.21. The van der Waals surface area contributed by atoms with Gasteiger partial charge in [0.1, 0.15) is 11.9 Å². The summed E-state index contributed by atoms with van der Waals surface area (Å²) in [5.74, 6) is 0.0190. The molecular formula is C16H24N4O3S. The van der Waals surface area contributed by atoms with Crippen molar-refractivity contribution in [2.75, 3.05) is 20.1 Å². The van der Waals surface area contributed by atoms with Crippen LogP contribution in [-0.2, 0) is 14.8 Å². The molecule has 0 aliphatic carbocycles. The number of nitrogens with one attached hydrogen (secondary N) is 1. The molecule has 132 valence electrons. The Hall–Kier alpha value is -1.93. The molecule has 24 heavy (non-hydrogen) atoms. The molecular weight excluding hydrogens is 328 g/mol. The fourth-order valence-corrected chi connectivity index (χ4v) is 3.82. The number of benzene rings is 1. The second kappa shape index (κ2) is 6.52. The molecule has 0 aromatic heterocycles. The van der Waals surface area contributed by atoms with Gasteiger partial charge in [-0.3, -0.25) is 14.5 Å². The second-order valence-corrected chi connectivity index (χ2v) is 8.47. The molecule has 2 rings (SSSR count). The third-order valence-corrected chi connectivity index (χ3v) is 5.33. The van der Waals surface area contributed by atoms with Crippen LogP contribution in [0.25, 0.3) is 0 Å². The Bertz CT molecular complexity index is 771. The molecule has 3 N–H and O–H groups in total. The summed E-state index contributed by atoms with van der Waals surface area (Å²) in [7, 11) is -1.90. The number of rotatable bonds is 5. The lowest BCUT2D eigenvalue weighted by Crippen LogP contribution is -2.43. The number of nitrogens with two attached hydrogens (primary N) is 1. The second-order valence-electron chi connectivity index (χ2n) is 6.82. The summed E-state index contributed by atoms with van der Waals surface area (Å²) < 4.78 is 26.6. The SMILES string of the molecule is CC(N=C1NS(=O)(=O)c2ccccc21)C(=O)N(C)CC(C)(C)CN. The molecule has 7 nitrogen and oxygen atoms in total. The van der Waals surface area contributed by atoms with Gasteiger partial charge in [-0.05, 0) is 31.0 Å². The lowest BCUT2D eigenvalue weighted by Gasteiger charge is -2.30. The van der Waals surface area contributed by atoms with Crippen LogP contribution in [0.4, 0.5) is 0 Å². The van der Waals surface area contributed by atoms with Gasteiger partial charge < -0.3 is 10.6 Å². The van der Waals surface area contributed by atoms with E-state index in [1.54, 1.807) is 37.1 Å². The molecule has 1 atom stereocenters. The fraction of sp³-hybridized carbons (Fsp3) is 0.500. The van der Waals surface area contributed by atoms with Crippen molar-refractivity contribution in [1.82, 2.24) is 9.62 Å². The minimum Gasteiger partial charge on any atom is -0.343 e. The molecule has 0 fully saturated rings. The van der Waals surface area contributed by atoms with Crippen LogP contribution in [-0.4, -0.2) is 51.2 Å². The van der Waals surface area contributed by atoms with Crippen LogP contribution in [0.3, 0.4) is 0 Å². The summed E-state index contributed by atoms with van der Waals surface area (Å²) in [5, 5.41) is 0. The number of fused-ring (bicyclic) bond motifs is 1. The quantitative estimate of drug-likeness (QED) is 0.807. The molecule has 8 heteroatoms. The number of sulfonamides is 1. The van der Waals surface area contributed by atoms with E-state index in [-0.39, 0.29) is 22.1 Å². The van der Waals surface area contributed by atoms with E-state index in [9.17, 15) is 13.2 Å². The van der Waals surface area contributed by atoms with Gasteiger partial charge in [0.05, 0.1) is 4.90 Å².